The van der Waals surface area contributed by atoms with Crippen molar-refractivity contribution in [2.75, 3.05) is 17.0 Å². The third kappa shape index (κ3) is 4.62. The molecule has 0 bridgehead atoms. The Labute approximate surface area is 160 Å². The predicted molar refractivity (Wildman–Crippen MR) is 101 cm³/mol. The first-order valence-corrected chi connectivity index (χ1v) is 11.0. The lowest BCUT2D eigenvalue weighted by Gasteiger charge is -2.10. The van der Waals surface area contributed by atoms with Gasteiger partial charge >= 0.3 is 0 Å². The molecular formula is C15H15N5O6S2. The molecule has 3 aromatic rings. The lowest BCUT2D eigenvalue weighted by atomic mass is 10.3. The van der Waals surface area contributed by atoms with E-state index in [1.807, 2.05) is 0 Å². The number of nitro benzene ring substituents is 1. The van der Waals surface area contributed by atoms with Crippen molar-refractivity contribution >= 4 is 36.9 Å². The number of non-ortho nitro benzene ring substituents is 1. The summed E-state index contributed by atoms with van der Waals surface area (Å²) in [4.78, 5) is 9.72. The van der Waals surface area contributed by atoms with E-state index in [4.69, 9.17) is 0 Å². The fourth-order valence-electron chi connectivity index (χ4n) is 2.37. The van der Waals surface area contributed by atoms with Crippen LogP contribution in [0, 0.1) is 10.1 Å². The van der Waals surface area contributed by atoms with Crippen LogP contribution in [-0.2, 0) is 20.0 Å². The van der Waals surface area contributed by atoms with Gasteiger partial charge in [-0.2, -0.15) is 5.10 Å². The minimum absolute atomic E-state index is 0.314. The Kier molecular flexibility index (Phi) is 5.31. The minimum Gasteiger partial charge on any atom is -0.283 e. The first-order chi connectivity index (χ1) is 13.2. The average Bonchev–Trinajstić information content (AvgIpc) is 3.08. The third-order valence-corrected chi connectivity index (χ3v) is 6.42. The van der Waals surface area contributed by atoms with Gasteiger partial charge in [0, 0.05) is 31.1 Å². The summed E-state index contributed by atoms with van der Waals surface area (Å²) < 4.78 is 54.8. The summed E-state index contributed by atoms with van der Waals surface area (Å²) in [6, 6.07) is 9.27. The van der Waals surface area contributed by atoms with E-state index >= 15 is 0 Å². The van der Waals surface area contributed by atoms with Crippen molar-refractivity contribution < 1.29 is 21.8 Å². The second-order valence-electron chi connectivity index (χ2n) is 5.69. The molecule has 0 spiro atoms. The van der Waals surface area contributed by atoms with Crippen LogP contribution < -0.4 is 9.44 Å². The summed E-state index contributed by atoms with van der Waals surface area (Å²) in [5.74, 6) is -0.522. The highest BCUT2D eigenvalue weighted by Gasteiger charge is 2.19. The number of nitro groups is 1. The Hall–Kier alpha value is -3.03. The maximum Gasteiger partial charge on any atom is 0.270 e. The normalized spacial score (nSPS) is 12.1. The van der Waals surface area contributed by atoms with Crippen molar-refractivity contribution in [2.24, 2.45) is 0 Å². The number of pyridine rings is 1. The maximum absolute atomic E-state index is 12.2. The van der Waals surface area contributed by atoms with E-state index < -0.39 is 37.3 Å². The number of rotatable bonds is 8. The van der Waals surface area contributed by atoms with Gasteiger partial charge in [0.05, 0.1) is 26.8 Å². The minimum atomic E-state index is -4.09. The second-order valence-corrected chi connectivity index (χ2v) is 9.30. The van der Waals surface area contributed by atoms with Crippen LogP contribution in [0.25, 0.3) is 5.52 Å². The van der Waals surface area contributed by atoms with E-state index in [0.29, 0.717) is 11.2 Å². The van der Waals surface area contributed by atoms with Crippen LogP contribution in [0.3, 0.4) is 0 Å². The molecule has 2 aromatic heterocycles. The summed E-state index contributed by atoms with van der Waals surface area (Å²) in [7, 11) is -7.92. The van der Waals surface area contributed by atoms with Gasteiger partial charge in [-0.25, -0.2) is 26.1 Å². The maximum atomic E-state index is 12.2. The number of nitrogens with one attached hydrogen (secondary N) is 2. The monoisotopic (exact) mass is 425 g/mol. The van der Waals surface area contributed by atoms with Gasteiger partial charge in [-0.1, -0.05) is 6.07 Å². The van der Waals surface area contributed by atoms with Crippen LogP contribution in [-0.4, -0.2) is 43.7 Å². The molecule has 0 aliphatic carbocycles. The van der Waals surface area contributed by atoms with E-state index in [1.54, 1.807) is 29.0 Å². The van der Waals surface area contributed by atoms with Gasteiger partial charge in [-0.05, 0) is 24.3 Å². The molecule has 0 aliphatic rings. The van der Waals surface area contributed by atoms with Crippen LogP contribution >= 0.6 is 0 Å². The highest BCUT2D eigenvalue weighted by Crippen LogP contribution is 2.17. The van der Waals surface area contributed by atoms with Gasteiger partial charge in [0.25, 0.3) is 5.69 Å². The summed E-state index contributed by atoms with van der Waals surface area (Å²) in [5, 5.41) is 14.8. The Morgan fingerprint density at radius 2 is 1.89 bits per heavy atom. The zero-order chi connectivity index (χ0) is 20.4. The third-order valence-electron chi connectivity index (χ3n) is 3.67. The molecule has 2 heterocycles. The fraction of sp³-hybridized carbons (Fsp3) is 0.133. The Bertz CT molecular complexity index is 1240. The molecule has 13 heteroatoms. The molecule has 0 saturated heterocycles. The second kappa shape index (κ2) is 7.53. The highest BCUT2D eigenvalue weighted by molar-refractivity contribution is 7.92. The molecule has 0 fully saturated rings. The average molecular weight is 425 g/mol. The topological polar surface area (TPSA) is 153 Å². The molecule has 0 saturated carbocycles. The van der Waals surface area contributed by atoms with Gasteiger partial charge in [0.2, 0.25) is 20.0 Å². The van der Waals surface area contributed by atoms with Crippen molar-refractivity contribution in [3.63, 3.8) is 0 Å². The zero-order valence-electron chi connectivity index (χ0n) is 14.2. The van der Waals surface area contributed by atoms with E-state index in [9.17, 15) is 26.9 Å². The number of fused-ring (bicyclic) bond motifs is 1. The first kappa shape index (κ1) is 19.7. The van der Waals surface area contributed by atoms with E-state index in [-0.39, 0.29) is 10.6 Å². The molecular weight excluding hydrogens is 410 g/mol. The van der Waals surface area contributed by atoms with Crippen molar-refractivity contribution in [3.8, 4) is 0 Å². The Morgan fingerprint density at radius 1 is 1.11 bits per heavy atom. The van der Waals surface area contributed by atoms with Crippen molar-refractivity contribution in [2.45, 2.75) is 4.90 Å². The van der Waals surface area contributed by atoms with E-state index in [0.717, 1.165) is 12.1 Å². The summed E-state index contributed by atoms with van der Waals surface area (Å²) in [6.45, 7) is -0.407. The molecule has 0 aliphatic heterocycles. The van der Waals surface area contributed by atoms with Gasteiger partial charge in [-0.15, -0.1) is 0 Å². The van der Waals surface area contributed by atoms with Crippen molar-refractivity contribution in [1.82, 2.24) is 14.3 Å². The van der Waals surface area contributed by atoms with Crippen LogP contribution in [0.1, 0.15) is 0 Å². The smallest absolute Gasteiger partial charge is 0.270 e. The van der Waals surface area contributed by atoms with Gasteiger partial charge in [0.15, 0.2) is 0 Å². The number of benzene rings is 1. The number of hydrogen-bond donors (Lipinski definition) is 2. The number of hydrogen-bond acceptors (Lipinski definition) is 7. The Morgan fingerprint density at radius 3 is 2.64 bits per heavy atom. The molecule has 28 heavy (non-hydrogen) atoms. The molecule has 0 atom stereocenters. The van der Waals surface area contributed by atoms with Crippen molar-refractivity contribution in [3.05, 3.63) is 65.0 Å². The van der Waals surface area contributed by atoms with E-state index in [2.05, 4.69) is 14.5 Å². The molecule has 148 valence electrons. The molecule has 11 nitrogen and oxygen atoms in total. The molecule has 0 amide bonds. The van der Waals surface area contributed by atoms with Crippen molar-refractivity contribution in [1.29, 1.82) is 0 Å². The summed E-state index contributed by atoms with van der Waals surface area (Å²) in [5.41, 5.74) is 0.619. The lowest BCUT2D eigenvalue weighted by Crippen LogP contribution is -2.31. The standard InChI is InChI=1S/C15H15N5O6S2/c21-20(22)14-2-1-3-15(11-14)28(25,26)17-7-9-27(23,24)18-12-5-8-19-13(10-12)4-6-16-19/h1-6,8,10-11,17-18H,7,9H2. The molecule has 1 aromatic carbocycles. The molecule has 3 rings (SSSR count). The van der Waals surface area contributed by atoms with Crippen LogP contribution in [0.2, 0.25) is 0 Å². The quantitative estimate of drug-likeness (QED) is 0.403. The fourth-order valence-corrected chi connectivity index (χ4v) is 4.53. The van der Waals surface area contributed by atoms with Gasteiger partial charge in [-0.3, -0.25) is 14.8 Å². The van der Waals surface area contributed by atoms with Crippen LogP contribution in [0.15, 0.2) is 59.8 Å². The highest BCUT2D eigenvalue weighted by atomic mass is 32.2. The van der Waals surface area contributed by atoms with Gasteiger partial charge in [0.1, 0.15) is 0 Å². The first-order valence-electron chi connectivity index (χ1n) is 7.84. The van der Waals surface area contributed by atoms with Crippen LogP contribution in [0.4, 0.5) is 11.4 Å². The van der Waals surface area contributed by atoms with Gasteiger partial charge < -0.3 is 0 Å². The van der Waals surface area contributed by atoms with Crippen LogP contribution in [0.5, 0.6) is 0 Å². The largest absolute Gasteiger partial charge is 0.283 e. The Balaban J connectivity index is 1.64. The zero-order valence-corrected chi connectivity index (χ0v) is 15.9. The molecule has 0 unspecified atom stereocenters. The summed E-state index contributed by atoms with van der Waals surface area (Å²) in [6.07, 6.45) is 3.15. The number of nitrogens with zero attached hydrogens (tertiary/aromatic N) is 3. The predicted octanol–water partition coefficient (Wildman–Crippen LogP) is 0.963. The number of anilines is 1. The van der Waals surface area contributed by atoms with E-state index in [1.165, 1.54) is 18.2 Å². The molecule has 2 N–H and O–H groups in total. The number of sulfonamides is 2. The SMILES string of the molecule is O=[N+]([O-])c1cccc(S(=O)(=O)NCCS(=O)(=O)Nc2ccn3nccc3c2)c1. The number of aromatic nitrogens is 2. The lowest BCUT2D eigenvalue weighted by molar-refractivity contribution is -0.385. The molecule has 0 radical (unpaired) electrons. The summed E-state index contributed by atoms with van der Waals surface area (Å²) >= 11 is 0.